The molecule has 0 aliphatic heterocycles. The molecule has 27 heavy (non-hydrogen) atoms. The lowest BCUT2D eigenvalue weighted by atomic mass is 10.3. The first kappa shape index (κ1) is 18.1. The first-order valence-corrected chi connectivity index (χ1v) is 7.83. The van der Waals surface area contributed by atoms with E-state index in [4.69, 9.17) is 4.74 Å². The molecule has 0 fully saturated rings. The van der Waals surface area contributed by atoms with Crippen molar-refractivity contribution in [1.29, 1.82) is 0 Å². The molecule has 1 heterocycles. The molecule has 1 N–H and O–H groups in total. The third-order valence-electron chi connectivity index (χ3n) is 3.82. The largest absolute Gasteiger partial charge is 0.495 e. The average molecular weight is 370 g/mol. The summed E-state index contributed by atoms with van der Waals surface area (Å²) >= 11 is 0. The van der Waals surface area contributed by atoms with Crippen molar-refractivity contribution in [3.05, 3.63) is 80.9 Å². The molecule has 138 valence electrons. The van der Waals surface area contributed by atoms with E-state index in [9.17, 15) is 18.8 Å². The summed E-state index contributed by atoms with van der Waals surface area (Å²) < 4.78 is 19.9. The normalized spacial score (nSPS) is 10.5. The second-order valence-corrected chi connectivity index (χ2v) is 5.54. The highest BCUT2D eigenvalue weighted by atomic mass is 19.1. The van der Waals surface area contributed by atoms with Gasteiger partial charge in [0.05, 0.1) is 18.5 Å². The Hall–Kier alpha value is -3.75. The number of methoxy groups -OCH3 is 1. The lowest BCUT2D eigenvalue weighted by Gasteiger charge is -2.11. The summed E-state index contributed by atoms with van der Waals surface area (Å²) in [4.78, 5) is 37.3. The van der Waals surface area contributed by atoms with Crippen molar-refractivity contribution in [3.63, 3.8) is 0 Å². The number of halogens is 1. The molecule has 1 amide bonds. The summed E-state index contributed by atoms with van der Waals surface area (Å²) in [7, 11) is 2.67. The van der Waals surface area contributed by atoms with E-state index in [2.05, 4.69) is 10.4 Å². The highest BCUT2D eigenvalue weighted by Crippen LogP contribution is 2.23. The molecule has 2 aromatic carbocycles. The number of ether oxygens (including phenoxy) is 1. The van der Waals surface area contributed by atoms with Crippen LogP contribution in [0.1, 0.15) is 10.5 Å². The highest BCUT2D eigenvalue weighted by molar-refractivity contribution is 6.03. The van der Waals surface area contributed by atoms with Crippen LogP contribution in [0.2, 0.25) is 0 Å². The zero-order valence-corrected chi connectivity index (χ0v) is 14.5. The van der Waals surface area contributed by atoms with Crippen molar-refractivity contribution < 1.29 is 13.9 Å². The minimum Gasteiger partial charge on any atom is -0.495 e. The van der Waals surface area contributed by atoms with Gasteiger partial charge in [-0.2, -0.15) is 9.78 Å². The molecule has 0 unspecified atom stereocenters. The summed E-state index contributed by atoms with van der Waals surface area (Å²) in [5.74, 6) is -0.906. The number of anilines is 1. The molecule has 0 aliphatic rings. The summed E-state index contributed by atoms with van der Waals surface area (Å²) in [6, 6.07) is 11.6. The van der Waals surface area contributed by atoms with E-state index in [0.29, 0.717) is 11.4 Å². The lowest BCUT2D eigenvalue weighted by molar-refractivity contribution is 0.101. The van der Waals surface area contributed by atoms with Crippen LogP contribution in [0.4, 0.5) is 10.1 Å². The van der Waals surface area contributed by atoms with E-state index < -0.39 is 28.7 Å². The number of carbonyl (C=O) groups excluding carboxylic acids is 1. The predicted octanol–water partition coefficient (Wildman–Crippen LogP) is 1.33. The van der Waals surface area contributed by atoms with Gasteiger partial charge in [0.25, 0.3) is 11.5 Å². The van der Waals surface area contributed by atoms with E-state index in [1.54, 1.807) is 24.3 Å². The SMILES string of the molecule is COc1ccccc1NC(=O)c1nn(-c2ccc(F)cc2)c(=O)n(C)c1=O. The van der Waals surface area contributed by atoms with Gasteiger partial charge >= 0.3 is 5.69 Å². The molecule has 0 saturated carbocycles. The van der Waals surface area contributed by atoms with Gasteiger partial charge in [0.2, 0.25) is 5.69 Å². The number of para-hydroxylation sites is 2. The standard InChI is InChI=1S/C18H15FN4O4/c1-22-17(25)15(16(24)20-13-5-3-4-6-14(13)27-2)21-23(18(22)26)12-9-7-11(19)8-10-12/h3-10H,1-2H3,(H,20,24). The van der Waals surface area contributed by atoms with Crippen molar-refractivity contribution in [2.24, 2.45) is 7.05 Å². The number of hydrogen-bond acceptors (Lipinski definition) is 5. The average Bonchev–Trinajstić information content (AvgIpc) is 2.67. The maximum Gasteiger partial charge on any atom is 0.351 e. The number of rotatable bonds is 4. The lowest BCUT2D eigenvalue weighted by Crippen LogP contribution is -2.43. The van der Waals surface area contributed by atoms with Gasteiger partial charge in [-0.25, -0.2) is 9.18 Å². The van der Waals surface area contributed by atoms with E-state index >= 15 is 0 Å². The fourth-order valence-electron chi connectivity index (χ4n) is 2.40. The Morgan fingerprint density at radius 2 is 1.78 bits per heavy atom. The minimum absolute atomic E-state index is 0.211. The third kappa shape index (κ3) is 3.47. The number of benzene rings is 2. The number of aromatic nitrogens is 3. The number of amides is 1. The van der Waals surface area contributed by atoms with Crippen molar-refractivity contribution in [1.82, 2.24) is 14.3 Å². The van der Waals surface area contributed by atoms with Gasteiger partial charge < -0.3 is 10.1 Å². The predicted molar refractivity (Wildman–Crippen MR) is 96.0 cm³/mol. The van der Waals surface area contributed by atoms with Gasteiger partial charge in [-0.15, -0.1) is 0 Å². The van der Waals surface area contributed by atoms with E-state index in [0.717, 1.165) is 21.4 Å². The topological polar surface area (TPSA) is 95.2 Å². The van der Waals surface area contributed by atoms with Gasteiger partial charge in [0.15, 0.2) is 0 Å². The van der Waals surface area contributed by atoms with Gasteiger partial charge in [0.1, 0.15) is 11.6 Å². The van der Waals surface area contributed by atoms with Crippen molar-refractivity contribution in [3.8, 4) is 11.4 Å². The summed E-state index contributed by atoms with van der Waals surface area (Å²) in [6.07, 6.45) is 0. The quantitative estimate of drug-likeness (QED) is 0.748. The van der Waals surface area contributed by atoms with Gasteiger partial charge in [-0.1, -0.05) is 12.1 Å². The third-order valence-corrected chi connectivity index (χ3v) is 3.82. The molecule has 0 bridgehead atoms. The molecule has 3 rings (SSSR count). The fraction of sp³-hybridized carbons (Fsp3) is 0.111. The molecular formula is C18H15FN4O4. The monoisotopic (exact) mass is 370 g/mol. The number of carbonyl (C=O) groups is 1. The Morgan fingerprint density at radius 1 is 1.11 bits per heavy atom. The first-order chi connectivity index (χ1) is 12.9. The Labute approximate surface area is 152 Å². The highest BCUT2D eigenvalue weighted by Gasteiger charge is 2.19. The first-order valence-electron chi connectivity index (χ1n) is 7.83. The number of nitrogens with zero attached hydrogens (tertiary/aromatic N) is 3. The van der Waals surface area contributed by atoms with E-state index in [1.807, 2.05) is 0 Å². The Bertz CT molecular complexity index is 1120. The minimum atomic E-state index is -0.856. The van der Waals surface area contributed by atoms with Crippen molar-refractivity contribution in [2.45, 2.75) is 0 Å². The smallest absolute Gasteiger partial charge is 0.351 e. The maximum atomic E-state index is 13.1. The van der Waals surface area contributed by atoms with Gasteiger partial charge in [-0.3, -0.25) is 14.2 Å². The zero-order valence-electron chi connectivity index (χ0n) is 14.5. The van der Waals surface area contributed by atoms with Gasteiger partial charge in [-0.05, 0) is 36.4 Å². The molecule has 0 saturated heterocycles. The van der Waals surface area contributed by atoms with Crippen LogP contribution in [-0.4, -0.2) is 27.4 Å². The van der Waals surface area contributed by atoms with Crippen LogP contribution >= 0.6 is 0 Å². The number of hydrogen-bond donors (Lipinski definition) is 1. The molecule has 9 heteroatoms. The molecule has 0 radical (unpaired) electrons. The molecule has 8 nitrogen and oxygen atoms in total. The van der Waals surface area contributed by atoms with Crippen molar-refractivity contribution in [2.75, 3.05) is 12.4 Å². The van der Waals surface area contributed by atoms with E-state index in [1.165, 1.54) is 26.3 Å². The van der Waals surface area contributed by atoms with Crippen LogP contribution in [0, 0.1) is 5.82 Å². The Kier molecular flexibility index (Phi) is 4.84. The molecule has 3 aromatic rings. The van der Waals surface area contributed by atoms with Crippen LogP contribution in [0.5, 0.6) is 5.75 Å². The maximum absolute atomic E-state index is 13.1. The van der Waals surface area contributed by atoms with Crippen LogP contribution in [0.25, 0.3) is 5.69 Å². The van der Waals surface area contributed by atoms with Crippen LogP contribution < -0.4 is 21.3 Å². The Balaban J connectivity index is 2.07. The summed E-state index contributed by atoms with van der Waals surface area (Å²) in [5.41, 5.74) is -1.56. The number of nitrogens with one attached hydrogen (secondary N) is 1. The molecule has 0 atom stereocenters. The summed E-state index contributed by atoms with van der Waals surface area (Å²) in [6.45, 7) is 0. The molecule has 1 aromatic heterocycles. The fourth-order valence-corrected chi connectivity index (χ4v) is 2.40. The van der Waals surface area contributed by atoms with Crippen LogP contribution in [-0.2, 0) is 7.05 Å². The van der Waals surface area contributed by atoms with Crippen LogP contribution in [0.15, 0.2) is 58.1 Å². The summed E-state index contributed by atoms with van der Waals surface area (Å²) in [5, 5.41) is 6.42. The van der Waals surface area contributed by atoms with Crippen molar-refractivity contribution >= 4 is 11.6 Å². The van der Waals surface area contributed by atoms with Crippen LogP contribution in [0.3, 0.4) is 0 Å². The zero-order chi connectivity index (χ0) is 19.6. The second-order valence-electron chi connectivity index (χ2n) is 5.54. The molecular weight excluding hydrogens is 355 g/mol. The second kappa shape index (κ2) is 7.24. The molecule has 0 aliphatic carbocycles. The van der Waals surface area contributed by atoms with E-state index in [-0.39, 0.29) is 5.69 Å². The van der Waals surface area contributed by atoms with Gasteiger partial charge in [0, 0.05) is 7.05 Å². The molecule has 0 spiro atoms. The Morgan fingerprint density at radius 3 is 2.44 bits per heavy atom.